The van der Waals surface area contributed by atoms with E-state index < -0.39 is 0 Å². The van der Waals surface area contributed by atoms with Crippen molar-refractivity contribution in [3.05, 3.63) is 65.3 Å². The van der Waals surface area contributed by atoms with Gasteiger partial charge in [0.2, 0.25) is 17.5 Å². The Hall–Kier alpha value is -3.81. The Labute approximate surface area is 174 Å². The third-order valence-electron chi connectivity index (χ3n) is 4.30. The third-order valence-corrected chi connectivity index (χ3v) is 4.30. The van der Waals surface area contributed by atoms with Gasteiger partial charge in [-0.05, 0) is 42.3 Å². The van der Waals surface area contributed by atoms with E-state index in [2.05, 4.69) is 15.5 Å². The molecule has 0 bridgehead atoms. The largest absolute Gasteiger partial charge is 0.493 e. The molecule has 0 aliphatic heterocycles. The Bertz CT molecular complexity index is 1030. The number of nitrogens with one attached hydrogen (secondary N) is 1. The number of carbonyl (C=O) groups is 1. The maximum Gasteiger partial charge on any atom is 0.248 e. The first kappa shape index (κ1) is 20.9. The molecule has 0 saturated heterocycles. The minimum atomic E-state index is -0.280. The molecular weight excluding hydrogens is 386 g/mol. The molecule has 3 aromatic rings. The molecule has 1 amide bonds. The van der Waals surface area contributed by atoms with Crippen molar-refractivity contribution in [2.24, 2.45) is 0 Å². The summed E-state index contributed by atoms with van der Waals surface area (Å²) < 4.78 is 21.2. The number of benzene rings is 2. The van der Waals surface area contributed by atoms with E-state index in [0.29, 0.717) is 41.1 Å². The fraction of sp³-hybridized carbons (Fsp3) is 0.227. The smallest absolute Gasteiger partial charge is 0.248 e. The van der Waals surface area contributed by atoms with Crippen LogP contribution >= 0.6 is 0 Å². The molecule has 30 heavy (non-hydrogen) atoms. The van der Waals surface area contributed by atoms with Gasteiger partial charge in [-0.2, -0.15) is 4.98 Å². The van der Waals surface area contributed by atoms with Crippen molar-refractivity contribution in [2.75, 3.05) is 26.6 Å². The molecular formula is C22H23N3O5. The molecule has 0 spiro atoms. The molecule has 0 radical (unpaired) electrons. The van der Waals surface area contributed by atoms with E-state index in [1.807, 2.05) is 24.3 Å². The van der Waals surface area contributed by atoms with E-state index in [4.69, 9.17) is 18.7 Å². The van der Waals surface area contributed by atoms with Gasteiger partial charge in [-0.15, -0.1) is 0 Å². The lowest BCUT2D eigenvalue weighted by Crippen LogP contribution is -2.10. The van der Waals surface area contributed by atoms with E-state index in [-0.39, 0.29) is 5.91 Å². The van der Waals surface area contributed by atoms with Gasteiger partial charge >= 0.3 is 0 Å². The standard InChI is InChI=1S/C22H23N3O5/c1-14-23-21(30-25-14)13-16-7-5-6-8-17(16)24-20(26)10-9-15-11-18(27-2)22(29-4)19(12-15)28-3/h5-12H,13H2,1-4H3,(H,24,26)/b10-9+. The molecule has 0 saturated carbocycles. The molecule has 156 valence electrons. The van der Waals surface area contributed by atoms with Gasteiger partial charge in [-0.3, -0.25) is 4.79 Å². The number of ether oxygens (including phenoxy) is 3. The number of methoxy groups -OCH3 is 3. The molecule has 2 aromatic carbocycles. The van der Waals surface area contributed by atoms with E-state index >= 15 is 0 Å². The first-order valence-corrected chi connectivity index (χ1v) is 9.20. The summed E-state index contributed by atoms with van der Waals surface area (Å²) >= 11 is 0. The number of aromatic nitrogens is 2. The maximum absolute atomic E-state index is 12.5. The van der Waals surface area contributed by atoms with Crippen molar-refractivity contribution in [2.45, 2.75) is 13.3 Å². The second-order valence-corrected chi connectivity index (χ2v) is 6.35. The first-order chi connectivity index (χ1) is 14.5. The average molecular weight is 409 g/mol. The number of hydrogen-bond donors (Lipinski definition) is 1. The predicted molar refractivity (Wildman–Crippen MR) is 112 cm³/mol. The molecule has 0 unspecified atom stereocenters. The molecule has 0 atom stereocenters. The van der Waals surface area contributed by atoms with Crippen LogP contribution in [-0.4, -0.2) is 37.4 Å². The molecule has 0 aliphatic rings. The van der Waals surface area contributed by atoms with Gasteiger partial charge in [0.1, 0.15) is 0 Å². The zero-order valence-electron chi connectivity index (χ0n) is 17.3. The molecule has 3 rings (SSSR count). The van der Waals surface area contributed by atoms with Crippen molar-refractivity contribution < 1.29 is 23.5 Å². The second kappa shape index (κ2) is 9.60. The summed E-state index contributed by atoms with van der Waals surface area (Å²) in [6.07, 6.45) is 3.53. The van der Waals surface area contributed by atoms with Crippen LogP contribution in [0, 0.1) is 6.92 Å². The van der Waals surface area contributed by atoms with Gasteiger partial charge < -0.3 is 24.1 Å². The van der Waals surface area contributed by atoms with Crippen LogP contribution in [0.4, 0.5) is 5.69 Å². The van der Waals surface area contributed by atoms with Crippen LogP contribution in [0.1, 0.15) is 22.8 Å². The number of rotatable bonds is 8. The first-order valence-electron chi connectivity index (χ1n) is 9.20. The van der Waals surface area contributed by atoms with Crippen LogP contribution in [-0.2, 0) is 11.2 Å². The Kier molecular flexibility index (Phi) is 6.69. The monoisotopic (exact) mass is 409 g/mol. The minimum Gasteiger partial charge on any atom is -0.493 e. The van der Waals surface area contributed by atoms with Crippen molar-refractivity contribution in [3.8, 4) is 17.2 Å². The van der Waals surface area contributed by atoms with E-state index in [0.717, 1.165) is 11.1 Å². The Morgan fingerprint density at radius 2 is 1.80 bits per heavy atom. The van der Waals surface area contributed by atoms with Gasteiger partial charge in [0.05, 0.1) is 27.8 Å². The summed E-state index contributed by atoms with van der Waals surface area (Å²) in [5, 5.41) is 6.68. The van der Waals surface area contributed by atoms with E-state index in [1.54, 1.807) is 39.4 Å². The van der Waals surface area contributed by atoms with E-state index in [1.165, 1.54) is 13.2 Å². The fourth-order valence-corrected chi connectivity index (χ4v) is 2.92. The number of para-hydroxylation sites is 1. The van der Waals surface area contributed by atoms with Crippen LogP contribution in [0.25, 0.3) is 6.08 Å². The molecule has 1 aromatic heterocycles. The highest BCUT2D eigenvalue weighted by Gasteiger charge is 2.13. The highest BCUT2D eigenvalue weighted by atomic mass is 16.5. The van der Waals surface area contributed by atoms with Gasteiger partial charge in [0.15, 0.2) is 17.3 Å². The molecule has 8 nitrogen and oxygen atoms in total. The second-order valence-electron chi connectivity index (χ2n) is 6.35. The summed E-state index contributed by atoms with van der Waals surface area (Å²) in [4.78, 5) is 16.7. The molecule has 1 heterocycles. The van der Waals surface area contributed by atoms with Gasteiger partial charge in [0, 0.05) is 11.8 Å². The topological polar surface area (TPSA) is 95.7 Å². The van der Waals surface area contributed by atoms with Crippen LogP contribution in [0.3, 0.4) is 0 Å². The van der Waals surface area contributed by atoms with Crippen LogP contribution in [0.5, 0.6) is 17.2 Å². The normalized spacial score (nSPS) is 10.8. The van der Waals surface area contributed by atoms with Gasteiger partial charge in [-0.25, -0.2) is 0 Å². The van der Waals surface area contributed by atoms with E-state index in [9.17, 15) is 4.79 Å². The lowest BCUT2D eigenvalue weighted by atomic mass is 10.1. The summed E-state index contributed by atoms with van der Waals surface area (Å²) in [6.45, 7) is 1.76. The number of nitrogens with zero attached hydrogens (tertiary/aromatic N) is 2. The van der Waals surface area contributed by atoms with Gasteiger partial charge in [-0.1, -0.05) is 23.4 Å². The van der Waals surface area contributed by atoms with Crippen LogP contribution in [0.2, 0.25) is 0 Å². The quantitative estimate of drug-likeness (QED) is 0.567. The highest BCUT2D eigenvalue weighted by Crippen LogP contribution is 2.38. The summed E-state index contributed by atoms with van der Waals surface area (Å²) in [6, 6.07) is 11.0. The number of aryl methyl sites for hydroxylation is 1. The highest BCUT2D eigenvalue weighted by molar-refractivity contribution is 6.02. The number of hydrogen-bond acceptors (Lipinski definition) is 7. The molecule has 0 fully saturated rings. The minimum absolute atomic E-state index is 0.280. The van der Waals surface area contributed by atoms with Crippen molar-refractivity contribution >= 4 is 17.7 Å². The SMILES string of the molecule is COc1cc(/C=C/C(=O)Nc2ccccc2Cc2nc(C)no2)cc(OC)c1OC. The van der Waals surface area contributed by atoms with Crippen molar-refractivity contribution in [3.63, 3.8) is 0 Å². The zero-order chi connectivity index (χ0) is 21.5. The number of anilines is 1. The number of carbonyl (C=O) groups excluding carboxylic acids is 1. The number of amides is 1. The third kappa shape index (κ3) is 4.96. The summed E-state index contributed by atoms with van der Waals surface area (Å²) in [5.74, 6) is 2.29. The Morgan fingerprint density at radius 1 is 1.10 bits per heavy atom. The van der Waals surface area contributed by atoms with Crippen molar-refractivity contribution in [1.82, 2.24) is 10.1 Å². The van der Waals surface area contributed by atoms with Gasteiger partial charge in [0.25, 0.3) is 0 Å². The lowest BCUT2D eigenvalue weighted by molar-refractivity contribution is -0.111. The van der Waals surface area contributed by atoms with Crippen molar-refractivity contribution in [1.29, 1.82) is 0 Å². The molecule has 8 heteroatoms. The molecule has 1 N–H and O–H groups in total. The zero-order valence-corrected chi connectivity index (χ0v) is 17.3. The Balaban J connectivity index is 1.75. The predicted octanol–water partition coefficient (Wildman–Crippen LogP) is 3.65. The lowest BCUT2D eigenvalue weighted by Gasteiger charge is -2.12. The fourth-order valence-electron chi connectivity index (χ4n) is 2.92. The summed E-state index contributed by atoms with van der Waals surface area (Å²) in [5.41, 5.74) is 2.28. The van der Waals surface area contributed by atoms with Crippen LogP contribution in [0.15, 0.2) is 47.0 Å². The molecule has 0 aliphatic carbocycles. The average Bonchev–Trinajstić information content (AvgIpc) is 3.17. The Morgan fingerprint density at radius 3 is 2.40 bits per heavy atom. The summed E-state index contributed by atoms with van der Waals surface area (Å²) in [7, 11) is 4.62. The maximum atomic E-state index is 12.5. The van der Waals surface area contributed by atoms with Crippen LogP contribution < -0.4 is 19.5 Å².